The molecule has 0 aromatic heterocycles. The first-order chi connectivity index (χ1) is 10.3. The molecular formula is C17H24N2O2. The summed E-state index contributed by atoms with van der Waals surface area (Å²) in [6.45, 7) is 2.66. The molecule has 0 radical (unpaired) electrons. The van der Waals surface area contributed by atoms with Gasteiger partial charge in [-0.15, -0.1) is 0 Å². The molecule has 114 valence electrons. The summed E-state index contributed by atoms with van der Waals surface area (Å²) >= 11 is 0. The average Bonchev–Trinajstić information content (AvgIpc) is 3.09. The molecular weight excluding hydrogens is 264 g/mol. The number of nitrogens with zero attached hydrogens (tertiary/aromatic N) is 1. The van der Waals surface area contributed by atoms with Crippen molar-refractivity contribution in [3.8, 4) is 0 Å². The molecule has 1 N–H and O–H groups in total. The highest BCUT2D eigenvalue weighted by atomic mass is 16.5. The third-order valence-electron chi connectivity index (χ3n) is 4.70. The number of hydrogen-bond acceptors (Lipinski definition) is 3. The number of amides is 1. The monoisotopic (exact) mass is 288 g/mol. The van der Waals surface area contributed by atoms with Gasteiger partial charge in [-0.2, -0.15) is 0 Å². The van der Waals surface area contributed by atoms with Crippen LogP contribution in [0.2, 0.25) is 0 Å². The van der Waals surface area contributed by atoms with Crippen molar-refractivity contribution in [2.75, 3.05) is 26.7 Å². The molecule has 2 aliphatic rings. The van der Waals surface area contributed by atoms with E-state index < -0.39 is 0 Å². The number of carbonyl (C=O) groups is 1. The van der Waals surface area contributed by atoms with Crippen molar-refractivity contribution in [3.63, 3.8) is 0 Å². The van der Waals surface area contributed by atoms with Crippen LogP contribution in [-0.4, -0.2) is 43.6 Å². The Hall–Kier alpha value is -1.39. The lowest BCUT2D eigenvalue weighted by Crippen LogP contribution is -2.44. The first-order valence-corrected chi connectivity index (χ1v) is 7.91. The van der Waals surface area contributed by atoms with Gasteiger partial charge in [0, 0.05) is 26.2 Å². The van der Waals surface area contributed by atoms with Crippen molar-refractivity contribution in [1.82, 2.24) is 10.2 Å². The minimum absolute atomic E-state index is 0.0493. The maximum absolute atomic E-state index is 12.9. The van der Waals surface area contributed by atoms with Gasteiger partial charge in [-0.25, -0.2) is 0 Å². The number of likely N-dealkylation sites (N-methyl/N-ethyl adjacent to an activating group) is 1. The number of rotatable bonds is 3. The van der Waals surface area contributed by atoms with E-state index in [2.05, 4.69) is 17.4 Å². The third kappa shape index (κ3) is 3.11. The minimum atomic E-state index is -0.0933. The van der Waals surface area contributed by atoms with Crippen molar-refractivity contribution >= 4 is 5.91 Å². The van der Waals surface area contributed by atoms with Gasteiger partial charge in [-0.1, -0.05) is 30.3 Å². The highest BCUT2D eigenvalue weighted by Crippen LogP contribution is 2.35. The van der Waals surface area contributed by atoms with Gasteiger partial charge < -0.3 is 15.0 Å². The summed E-state index contributed by atoms with van der Waals surface area (Å²) in [5.41, 5.74) is 1.12. The predicted molar refractivity (Wildman–Crippen MR) is 81.9 cm³/mol. The van der Waals surface area contributed by atoms with Crippen molar-refractivity contribution in [1.29, 1.82) is 0 Å². The molecule has 0 saturated carbocycles. The molecule has 0 bridgehead atoms. The Morgan fingerprint density at radius 2 is 2.10 bits per heavy atom. The number of hydrogen-bond donors (Lipinski definition) is 1. The van der Waals surface area contributed by atoms with Crippen LogP contribution in [-0.2, 0) is 9.53 Å². The Morgan fingerprint density at radius 3 is 2.81 bits per heavy atom. The van der Waals surface area contributed by atoms with Gasteiger partial charge in [0.25, 0.3) is 0 Å². The van der Waals surface area contributed by atoms with E-state index in [1.807, 2.05) is 30.1 Å². The standard InChI is InChI=1S/C17H24N2O2/c1-19(14-9-10-18-12-14)17(20)15-8-5-11-21-16(15)13-6-3-2-4-7-13/h2-4,6-7,14-16,18H,5,8-12H2,1H3. The summed E-state index contributed by atoms with van der Waals surface area (Å²) in [6.07, 6.45) is 2.84. The molecule has 4 heteroatoms. The quantitative estimate of drug-likeness (QED) is 0.924. The highest BCUT2D eigenvalue weighted by molar-refractivity contribution is 5.80. The second-order valence-corrected chi connectivity index (χ2v) is 6.05. The molecule has 2 heterocycles. The van der Waals surface area contributed by atoms with Crippen LogP contribution in [0.4, 0.5) is 0 Å². The van der Waals surface area contributed by atoms with Crippen molar-refractivity contribution in [2.45, 2.75) is 31.4 Å². The molecule has 4 nitrogen and oxygen atoms in total. The number of ether oxygens (including phenoxy) is 1. The number of benzene rings is 1. The normalized spacial score (nSPS) is 29.3. The lowest BCUT2D eigenvalue weighted by atomic mass is 9.88. The van der Waals surface area contributed by atoms with E-state index in [0.717, 1.165) is 44.5 Å². The summed E-state index contributed by atoms with van der Waals surface area (Å²) < 4.78 is 5.95. The largest absolute Gasteiger partial charge is 0.373 e. The van der Waals surface area contributed by atoms with Crippen LogP contribution in [0.5, 0.6) is 0 Å². The molecule has 1 amide bonds. The Kier molecular flexibility index (Phi) is 4.56. The third-order valence-corrected chi connectivity index (χ3v) is 4.70. The lowest BCUT2D eigenvalue weighted by molar-refractivity contribution is -0.146. The SMILES string of the molecule is CN(C(=O)C1CCCOC1c1ccccc1)C1CCNC1. The Labute approximate surface area is 126 Å². The summed E-state index contributed by atoms with van der Waals surface area (Å²) in [7, 11) is 1.94. The zero-order valence-electron chi connectivity index (χ0n) is 12.6. The van der Waals surface area contributed by atoms with Crippen LogP contribution >= 0.6 is 0 Å². The first-order valence-electron chi connectivity index (χ1n) is 7.91. The zero-order valence-corrected chi connectivity index (χ0v) is 12.6. The van der Waals surface area contributed by atoms with Gasteiger partial charge in [0.2, 0.25) is 5.91 Å². The molecule has 2 saturated heterocycles. The molecule has 0 spiro atoms. The van der Waals surface area contributed by atoms with E-state index in [1.54, 1.807) is 0 Å². The Balaban J connectivity index is 1.75. The van der Waals surface area contributed by atoms with Crippen LogP contribution in [0, 0.1) is 5.92 Å². The molecule has 3 rings (SSSR count). The van der Waals surface area contributed by atoms with Crippen LogP contribution in [0.1, 0.15) is 30.9 Å². The summed E-state index contributed by atoms with van der Waals surface area (Å²) in [5.74, 6) is 0.184. The van der Waals surface area contributed by atoms with E-state index in [9.17, 15) is 4.79 Å². The highest BCUT2D eigenvalue weighted by Gasteiger charge is 2.36. The van der Waals surface area contributed by atoms with E-state index in [1.165, 1.54) is 0 Å². The van der Waals surface area contributed by atoms with Crippen molar-refractivity contribution in [2.24, 2.45) is 5.92 Å². The summed E-state index contributed by atoms with van der Waals surface area (Å²) in [5, 5.41) is 3.33. The fourth-order valence-electron chi connectivity index (χ4n) is 3.42. The van der Waals surface area contributed by atoms with Gasteiger partial charge in [0.1, 0.15) is 0 Å². The minimum Gasteiger partial charge on any atom is -0.373 e. The van der Waals surface area contributed by atoms with E-state index in [-0.39, 0.29) is 17.9 Å². The van der Waals surface area contributed by atoms with Crippen LogP contribution in [0.15, 0.2) is 30.3 Å². The molecule has 1 aromatic rings. The van der Waals surface area contributed by atoms with Gasteiger partial charge in [-0.05, 0) is 31.4 Å². The molecule has 3 atom stereocenters. The van der Waals surface area contributed by atoms with Crippen LogP contribution in [0.25, 0.3) is 0 Å². The number of nitrogens with one attached hydrogen (secondary N) is 1. The maximum Gasteiger partial charge on any atom is 0.228 e. The smallest absolute Gasteiger partial charge is 0.228 e. The topological polar surface area (TPSA) is 41.6 Å². The van der Waals surface area contributed by atoms with Gasteiger partial charge in [-0.3, -0.25) is 4.79 Å². The fraction of sp³-hybridized carbons (Fsp3) is 0.588. The van der Waals surface area contributed by atoms with Crippen LogP contribution < -0.4 is 5.32 Å². The zero-order chi connectivity index (χ0) is 14.7. The summed E-state index contributed by atoms with van der Waals surface area (Å²) in [6, 6.07) is 10.5. The molecule has 2 aliphatic heterocycles. The molecule has 2 fully saturated rings. The van der Waals surface area contributed by atoms with Crippen molar-refractivity contribution in [3.05, 3.63) is 35.9 Å². The summed E-state index contributed by atoms with van der Waals surface area (Å²) in [4.78, 5) is 14.8. The Morgan fingerprint density at radius 1 is 1.29 bits per heavy atom. The van der Waals surface area contributed by atoms with Gasteiger partial charge >= 0.3 is 0 Å². The predicted octanol–water partition coefficient (Wildman–Crippen LogP) is 1.97. The lowest BCUT2D eigenvalue weighted by Gasteiger charge is -2.35. The Bertz CT molecular complexity index is 471. The van der Waals surface area contributed by atoms with E-state index in [0.29, 0.717) is 6.04 Å². The second kappa shape index (κ2) is 6.58. The van der Waals surface area contributed by atoms with Crippen molar-refractivity contribution < 1.29 is 9.53 Å². The maximum atomic E-state index is 12.9. The molecule has 21 heavy (non-hydrogen) atoms. The molecule has 3 unspecified atom stereocenters. The second-order valence-electron chi connectivity index (χ2n) is 6.05. The first kappa shape index (κ1) is 14.5. The molecule has 1 aromatic carbocycles. The van der Waals surface area contributed by atoms with E-state index >= 15 is 0 Å². The number of carbonyl (C=O) groups excluding carboxylic acids is 1. The molecule has 0 aliphatic carbocycles. The van der Waals surface area contributed by atoms with Crippen LogP contribution in [0.3, 0.4) is 0 Å². The van der Waals surface area contributed by atoms with Gasteiger partial charge in [0.15, 0.2) is 0 Å². The van der Waals surface area contributed by atoms with E-state index in [4.69, 9.17) is 4.74 Å². The van der Waals surface area contributed by atoms with Gasteiger partial charge in [0.05, 0.1) is 12.0 Å². The fourth-order valence-corrected chi connectivity index (χ4v) is 3.42. The average molecular weight is 288 g/mol.